The molecule has 0 saturated heterocycles. The van der Waals surface area contributed by atoms with Crippen molar-refractivity contribution >= 4 is 14.0 Å². The summed E-state index contributed by atoms with van der Waals surface area (Å²) in [7, 11) is -3.65. The van der Waals surface area contributed by atoms with E-state index in [9.17, 15) is 9.59 Å². The number of unbranched alkanes of at least 4 members (excludes halogenated alkanes) is 5. The van der Waals surface area contributed by atoms with Gasteiger partial charge in [-0.3, -0.25) is 0 Å². The first-order chi connectivity index (χ1) is 8.67. The van der Waals surface area contributed by atoms with E-state index in [2.05, 4.69) is 6.92 Å². The molecule has 1 aromatic rings. The highest BCUT2D eigenvalue weighted by atomic mass is 28.4. The third kappa shape index (κ3) is 5.77. The average Bonchev–Trinajstić information content (AvgIpc) is 2.39. The molecule has 102 valence electrons. The molecule has 18 heavy (non-hydrogen) atoms. The van der Waals surface area contributed by atoms with Crippen LogP contribution in [0.2, 0.25) is 0 Å². The lowest BCUT2D eigenvalue weighted by Gasteiger charge is -2.17. The second kappa shape index (κ2) is 8.42. The standard InChI is InChI=1S/C14H24O3Si/c1-2-3-4-5-6-10-13-17-18(15,16)14-11-8-7-9-12-14/h7-9,11-12,15-16H,2-6,10,13H2,1H3. The Morgan fingerprint density at radius 2 is 1.56 bits per heavy atom. The van der Waals surface area contributed by atoms with Crippen LogP contribution in [0.15, 0.2) is 30.3 Å². The van der Waals surface area contributed by atoms with Crippen molar-refractivity contribution in [1.29, 1.82) is 0 Å². The van der Waals surface area contributed by atoms with Gasteiger partial charge >= 0.3 is 8.80 Å². The third-order valence-corrected chi connectivity index (χ3v) is 4.64. The zero-order valence-corrected chi connectivity index (χ0v) is 12.1. The normalized spacial score (nSPS) is 11.7. The van der Waals surface area contributed by atoms with Crippen LogP contribution in [0.25, 0.3) is 0 Å². The molecule has 4 heteroatoms. The molecule has 0 fully saturated rings. The average molecular weight is 268 g/mol. The van der Waals surface area contributed by atoms with Crippen molar-refractivity contribution in [2.45, 2.75) is 45.4 Å². The third-order valence-electron chi connectivity index (χ3n) is 2.95. The molecule has 0 radical (unpaired) electrons. The van der Waals surface area contributed by atoms with Gasteiger partial charge < -0.3 is 14.0 Å². The summed E-state index contributed by atoms with van der Waals surface area (Å²) >= 11 is 0. The molecule has 0 aliphatic carbocycles. The fourth-order valence-electron chi connectivity index (χ4n) is 1.84. The summed E-state index contributed by atoms with van der Waals surface area (Å²) in [5.41, 5.74) is 0. The highest BCUT2D eigenvalue weighted by Crippen LogP contribution is 2.06. The van der Waals surface area contributed by atoms with Crippen LogP contribution in [0, 0.1) is 0 Å². The van der Waals surface area contributed by atoms with Crippen LogP contribution in [0.3, 0.4) is 0 Å². The molecule has 1 rings (SSSR count). The molecule has 3 nitrogen and oxygen atoms in total. The van der Waals surface area contributed by atoms with Gasteiger partial charge in [-0.25, -0.2) is 0 Å². The lowest BCUT2D eigenvalue weighted by atomic mass is 10.1. The van der Waals surface area contributed by atoms with E-state index in [1.807, 2.05) is 6.07 Å². The lowest BCUT2D eigenvalue weighted by Crippen LogP contribution is -2.51. The van der Waals surface area contributed by atoms with Crippen molar-refractivity contribution in [3.05, 3.63) is 30.3 Å². The lowest BCUT2D eigenvalue weighted by molar-refractivity contribution is 0.160. The highest BCUT2D eigenvalue weighted by Gasteiger charge is 2.34. The first-order valence-corrected chi connectivity index (χ1v) is 8.61. The predicted molar refractivity (Wildman–Crippen MR) is 75.6 cm³/mol. The Morgan fingerprint density at radius 1 is 0.944 bits per heavy atom. The summed E-state index contributed by atoms with van der Waals surface area (Å²) in [5.74, 6) is 0. The first kappa shape index (κ1) is 15.4. The number of hydrogen-bond donors (Lipinski definition) is 2. The van der Waals surface area contributed by atoms with E-state index >= 15 is 0 Å². The van der Waals surface area contributed by atoms with Gasteiger partial charge in [-0.1, -0.05) is 69.4 Å². The Bertz CT molecular complexity index is 314. The molecular formula is C14H24O3Si. The van der Waals surface area contributed by atoms with Crippen LogP contribution >= 0.6 is 0 Å². The predicted octanol–water partition coefficient (Wildman–Crippen LogP) is 2.19. The van der Waals surface area contributed by atoms with E-state index in [0.717, 1.165) is 12.8 Å². The zero-order chi connectivity index (χ0) is 13.3. The minimum absolute atomic E-state index is 0.431. The Morgan fingerprint density at radius 3 is 2.22 bits per heavy atom. The molecule has 0 aromatic heterocycles. The minimum Gasteiger partial charge on any atom is -0.386 e. The largest absolute Gasteiger partial charge is 0.531 e. The van der Waals surface area contributed by atoms with E-state index in [1.165, 1.54) is 25.7 Å². The van der Waals surface area contributed by atoms with Crippen LogP contribution in [0.1, 0.15) is 45.4 Å². The van der Waals surface area contributed by atoms with Gasteiger partial charge in [0.1, 0.15) is 0 Å². The van der Waals surface area contributed by atoms with Crippen LogP contribution in [0.4, 0.5) is 0 Å². The SMILES string of the molecule is CCCCCCCCO[Si](O)(O)c1ccccc1. The first-order valence-electron chi connectivity index (χ1n) is 6.81. The van der Waals surface area contributed by atoms with Gasteiger partial charge in [-0.2, -0.15) is 0 Å². The number of hydrogen-bond acceptors (Lipinski definition) is 3. The second-order valence-electron chi connectivity index (χ2n) is 4.59. The maximum Gasteiger partial charge on any atom is 0.531 e. The van der Waals surface area contributed by atoms with Gasteiger partial charge in [0.15, 0.2) is 0 Å². The molecule has 0 heterocycles. The molecule has 0 aliphatic heterocycles. The summed E-state index contributed by atoms with van der Waals surface area (Å²) < 4.78 is 5.27. The van der Waals surface area contributed by atoms with E-state index in [-0.39, 0.29) is 0 Å². The molecule has 0 saturated carbocycles. The molecule has 1 aromatic carbocycles. The van der Waals surface area contributed by atoms with E-state index < -0.39 is 8.80 Å². The van der Waals surface area contributed by atoms with Crippen molar-refractivity contribution in [2.24, 2.45) is 0 Å². The monoisotopic (exact) mass is 268 g/mol. The van der Waals surface area contributed by atoms with E-state index in [4.69, 9.17) is 4.43 Å². The quantitative estimate of drug-likeness (QED) is 0.533. The van der Waals surface area contributed by atoms with Gasteiger partial charge in [-0.05, 0) is 6.42 Å². The maximum atomic E-state index is 9.90. The summed E-state index contributed by atoms with van der Waals surface area (Å²) in [6.07, 6.45) is 6.98. The van der Waals surface area contributed by atoms with Crippen molar-refractivity contribution in [1.82, 2.24) is 0 Å². The van der Waals surface area contributed by atoms with Crippen molar-refractivity contribution in [2.75, 3.05) is 6.61 Å². The fraction of sp³-hybridized carbons (Fsp3) is 0.571. The topological polar surface area (TPSA) is 49.7 Å². The molecule has 0 amide bonds. The molecule has 0 bridgehead atoms. The molecule has 0 unspecified atom stereocenters. The van der Waals surface area contributed by atoms with Gasteiger partial charge in [0.2, 0.25) is 0 Å². The van der Waals surface area contributed by atoms with E-state index in [1.54, 1.807) is 24.3 Å². The van der Waals surface area contributed by atoms with E-state index in [0.29, 0.717) is 11.8 Å². The molecule has 0 aliphatic rings. The van der Waals surface area contributed by atoms with Crippen molar-refractivity contribution < 1.29 is 14.0 Å². The number of rotatable bonds is 9. The Hall–Kier alpha value is -0.683. The summed E-state index contributed by atoms with van der Waals surface area (Å²) in [5, 5.41) is 0.510. The summed E-state index contributed by atoms with van der Waals surface area (Å²) in [6, 6.07) is 8.83. The highest BCUT2D eigenvalue weighted by molar-refractivity contribution is 6.72. The van der Waals surface area contributed by atoms with Gasteiger partial charge in [0.25, 0.3) is 0 Å². The van der Waals surface area contributed by atoms with Gasteiger partial charge in [-0.15, -0.1) is 0 Å². The van der Waals surface area contributed by atoms with Gasteiger partial charge in [0.05, 0.1) is 0 Å². The zero-order valence-electron chi connectivity index (χ0n) is 11.1. The van der Waals surface area contributed by atoms with Crippen LogP contribution in [-0.2, 0) is 4.43 Å². The van der Waals surface area contributed by atoms with Crippen molar-refractivity contribution in [3.63, 3.8) is 0 Å². The fourth-order valence-corrected chi connectivity index (χ4v) is 3.06. The summed E-state index contributed by atoms with van der Waals surface area (Å²) in [6.45, 7) is 2.63. The Balaban J connectivity index is 2.18. The van der Waals surface area contributed by atoms with Crippen LogP contribution in [0.5, 0.6) is 0 Å². The van der Waals surface area contributed by atoms with Gasteiger partial charge in [0, 0.05) is 11.8 Å². The van der Waals surface area contributed by atoms with Crippen LogP contribution in [-0.4, -0.2) is 25.0 Å². The smallest absolute Gasteiger partial charge is 0.386 e. The van der Waals surface area contributed by atoms with Crippen LogP contribution < -0.4 is 5.19 Å². The maximum absolute atomic E-state index is 9.90. The van der Waals surface area contributed by atoms with Crippen molar-refractivity contribution in [3.8, 4) is 0 Å². The summed E-state index contributed by atoms with van der Waals surface area (Å²) in [4.78, 5) is 19.8. The molecular weight excluding hydrogens is 244 g/mol. The molecule has 0 spiro atoms. The Kier molecular flexibility index (Phi) is 7.20. The Labute approximate surface area is 111 Å². The molecule has 2 N–H and O–H groups in total. The molecule has 0 atom stereocenters. The second-order valence-corrected chi connectivity index (χ2v) is 6.67. The minimum atomic E-state index is -3.65. The number of benzene rings is 1.